The lowest BCUT2D eigenvalue weighted by molar-refractivity contribution is -0.116. The van der Waals surface area contributed by atoms with Gasteiger partial charge in [0, 0.05) is 24.5 Å². The maximum absolute atomic E-state index is 13.0. The van der Waals surface area contributed by atoms with E-state index in [1.165, 1.54) is 12.1 Å². The molecule has 1 amide bonds. The van der Waals surface area contributed by atoms with E-state index >= 15 is 0 Å². The van der Waals surface area contributed by atoms with Crippen LogP contribution in [0, 0.1) is 5.82 Å². The van der Waals surface area contributed by atoms with Gasteiger partial charge in [-0.3, -0.25) is 9.78 Å². The molecule has 1 unspecified atom stereocenters. The van der Waals surface area contributed by atoms with E-state index in [0.29, 0.717) is 12.1 Å². The molecule has 0 aliphatic carbocycles. The van der Waals surface area contributed by atoms with Crippen molar-refractivity contribution < 1.29 is 9.18 Å². The number of anilines is 1. The molecule has 0 radical (unpaired) electrons. The Morgan fingerprint density at radius 1 is 1.37 bits per heavy atom. The molecule has 0 saturated heterocycles. The fourth-order valence-electron chi connectivity index (χ4n) is 1.84. The Kier molecular flexibility index (Phi) is 4.23. The maximum Gasteiger partial charge on any atom is 0.224 e. The molecule has 1 heterocycles. The monoisotopic (exact) mass is 258 g/mol. The minimum absolute atomic E-state index is 0.0715. The Balaban J connectivity index is 1.95. The van der Waals surface area contributed by atoms with Gasteiger partial charge in [0.25, 0.3) is 0 Å². The molecule has 2 rings (SSSR count). The smallest absolute Gasteiger partial charge is 0.224 e. The van der Waals surface area contributed by atoms with E-state index in [1.54, 1.807) is 24.5 Å². The number of hydrogen-bond donors (Lipinski definition) is 1. The number of carbonyl (C=O) groups is 1. The third-order valence-corrected chi connectivity index (χ3v) is 2.85. The van der Waals surface area contributed by atoms with E-state index < -0.39 is 0 Å². The second-order valence-corrected chi connectivity index (χ2v) is 4.45. The highest BCUT2D eigenvalue weighted by Crippen LogP contribution is 2.18. The van der Waals surface area contributed by atoms with E-state index in [0.717, 1.165) is 5.56 Å². The van der Waals surface area contributed by atoms with Gasteiger partial charge in [-0.15, -0.1) is 0 Å². The van der Waals surface area contributed by atoms with Crippen LogP contribution in [0.15, 0.2) is 48.8 Å². The van der Waals surface area contributed by atoms with Crippen LogP contribution >= 0.6 is 0 Å². The topological polar surface area (TPSA) is 42.0 Å². The largest absolute Gasteiger partial charge is 0.326 e. The zero-order valence-corrected chi connectivity index (χ0v) is 10.6. The molecule has 1 N–H and O–H groups in total. The number of pyridine rings is 1. The van der Waals surface area contributed by atoms with E-state index in [9.17, 15) is 9.18 Å². The van der Waals surface area contributed by atoms with Gasteiger partial charge in [-0.05, 0) is 35.7 Å². The first-order chi connectivity index (χ1) is 9.15. The van der Waals surface area contributed by atoms with Gasteiger partial charge in [0.1, 0.15) is 5.82 Å². The van der Waals surface area contributed by atoms with Crippen molar-refractivity contribution in [2.75, 3.05) is 5.32 Å². The molecule has 0 aliphatic heterocycles. The molecule has 1 aromatic carbocycles. The molecular weight excluding hydrogens is 243 g/mol. The quantitative estimate of drug-likeness (QED) is 0.913. The molecule has 3 nitrogen and oxygen atoms in total. The summed E-state index contributed by atoms with van der Waals surface area (Å²) in [5.74, 6) is -0.428. The van der Waals surface area contributed by atoms with Crippen molar-refractivity contribution in [1.82, 2.24) is 4.98 Å². The number of nitrogens with zero attached hydrogens (tertiary/aromatic N) is 1. The molecule has 1 atom stereocenters. The first-order valence-electron chi connectivity index (χ1n) is 6.10. The predicted octanol–water partition coefficient (Wildman–Crippen LogP) is 3.35. The van der Waals surface area contributed by atoms with Crippen molar-refractivity contribution >= 4 is 11.6 Å². The normalized spacial score (nSPS) is 11.9. The highest BCUT2D eigenvalue weighted by molar-refractivity contribution is 5.91. The summed E-state index contributed by atoms with van der Waals surface area (Å²) in [6, 6.07) is 9.65. The van der Waals surface area contributed by atoms with Crippen molar-refractivity contribution in [3.05, 3.63) is 60.2 Å². The van der Waals surface area contributed by atoms with Crippen molar-refractivity contribution in [3.63, 3.8) is 0 Å². The third kappa shape index (κ3) is 3.88. The van der Waals surface area contributed by atoms with Crippen LogP contribution < -0.4 is 5.32 Å². The van der Waals surface area contributed by atoms with E-state index in [2.05, 4.69) is 10.3 Å². The lowest BCUT2D eigenvalue weighted by Gasteiger charge is -2.11. The summed E-state index contributed by atoms with van der Waals surface area (Å²) < 4.78 is 13.0. The van der Waals surface area contributed by atoms with Gasteiger partial charge in [-0.25, -0.2) is 4.39 Å². The zero-order valence-electron chi connectivity index (χ0n) is 10.6. The summed E-state index contributed by atoms with van der Waals surface area (Å²) in [6.45, 7) is 1.96. The summed E-state index contributed by atoms with van der Waals surface area (Å²) in [4.78, 5) is 15.9. The molecule has 0 saturated carbocycles. The summed E-state index contributed by atoms with van der Waals surface area (Å²) in [5.41, 5.74) is 1.49. The molecular formula is C15H15FN2O. The Morgan fingerprint density at radius 2 is 2.21 bits per heavy atom. The molecule has 0 aliphatic rings. The Labute approximate surface area is 111 Å². The van der Waals surface area contributed by atoms with Crippen LogP contribution in [0.1, 0.15) is 24.8 Å². The number of benzene rings is 1. The van der Waals surface area contributed by atoms with Gasteiger partial charge in [0.2, 0.25) is 5.91 Å². The lowest BCUT2D eigenvalue weighted by Crippen LogP contribution is -2.14. The van der Waals surface area contributed by atoms with Gasteiger partial charge in [-0.1, -0.05) is 19.1 Å². The van der Waals surface area contributed by atoms with E-state index in [4.69, 9.17) is 0 Å². The number of rotatable bonds is 4. The minimum atomic E-state index is -0.363. The first kappa shape index (κ1) is 13.2. The number of carbonyl (C=O) groups excluding carboxylic acids is 1. The van der Waals surface area contributed by atoms with E-state index in [-0.39, 0.29) is 17.6 Å². The summed E-state index contributed by atoms with van der Waals surface area (Å²) in [7, 11) is 0. The lowest BCUT2D eigenvalue weighted by atomic mass is 9.99. The molecule has 1 aromatic heterocycles. The van der Waals surface area contributed by atoms with Gasteiger partial charge >= 0.3 is 0 Å². The fourth-order valence-corrected chi connectivity index (χ4v) is 1.84. The van der Waals surface area contributed by atoms with Crippen LogP contribution in [-0.2, 0) is 4.79 Å². The molecule has 19 heavy (non-hydrogen) atoms. The molecule has 98 valence electrons. The van der Waals surface area contributed by atoms with Gasteiger partial charge in [0.05, 0.1) is 0 Å². The summed E-state index contributed by atoms with van der Waals surface area (Å²) >= 11 is 0. The molecule has 2 aromatic rings. The number of halogens is 1. The van der Waals surface area contributed by atoms with Gasteiger partial charge in [-0.2, -0.15) is 0 Å². The molecule has 0 spiro atoms. The summed E-state index contributed by atoms with van der Waals surface area (Å²) in [5, 5.41) is 2.68. The Hall–Kier alpha value is -2.23. The van der Waals surface area contributed by atoms with Crippen molar-refractivity contribution in [2.45, 2.75) is 19.3 Å². The Morgan fingerprint density at radius 3 is 2.89 bits per heavy atom. The van der Waals surface area contributed by atoms with Gasteiger partial charge < -0.3 is 5.32 Å². The standard InChI is InChI=1S/C15H15FN2O/c1-11(12-4-3-7-17-10-12)8-15(19)18-14-6-2-5-13(16)9-14/h2-7,9-11H,8H2,1H3,(H,18,19). The zero-order chi connectivity index (χ0) is 13.7. The number of nitrogens with one attached hydrogen (secondary N) is 1. The second kappa shape index (κ2) is 6.09. The number of hydrogen-bond acceptors (Lipinski definition) is 2. The van der Waals surface area contributed by atoms with Gasteiger partial charge in [0.15, 0.2) is 0 Å². The maximum atomic E-state index is 13.0. The average molecular weight is 258 g/mol. The highest BCUT2D eigenvalue weighted by atomic mass is 19.1. The van der Waals surface area contributed by atoms with Crippen molar-refractivity contribution in [2.24, 2.45) is 0 Å². The first-order valence-corrected chi connectivity index (χ1v) is 6.10. The summed E-state index contributed by atoms with van der Waals surface area (Å²) in [6.07, 6.45) is 3.78. The average Bonchev–Trinajstić information content (AvgIpc) is 2.39. The number of amides is 1. The van der Waals surface area contributed by atoms with Crippen LogP contribution in [0.5, 0.6) is 0 Å². The van der Waals surface area contributed by atoms with Crippen LogP contribution in [0.4, 0.5) is 10.1 Å². The molecule has 0 fully saturated rings. The molecule has 0 bridgehead atoms. The van der Waals surface area contributed by atoms with Crippen LogP contribution in [-0.4, -0.2) is 10.9 Å². The SMILES string of the molecule is CC(CC(=O)Nc1cccc(F)c1)c1cccnc1. The van der Waals surface area contributed by atoms with Crippen LogP contribution in [0.2, 0.25) is 0 Å². The number of aromatic nitrogens is 1. The second-order valence-electron chi connectivity index (χ2n) is 4.45. The third-order valence-electron chi connectivity index (χ3n) is 2.85. The molecule has 4 heteroatoms. The fraction of sp³-hybridized carbons (Fsp3) is 0.200. The minimum Gasteiger partial charge on any atom is -0.326 e. The van der Waals surface area contributed by atoms with Crippen molar-refractivity contribution in [1.29, 1.82) is 0 Å². The van der Waals surface area contributed by atoms with E-state index in [1.807, 2.05) is 19.1 Å². The predicted molar refractivity (Wildman–Crippen MR) is 72.3 cm³/mol. The van der Waals surface area contributed by atoms with Crippen LogP contribution in [0.25, 0.3) is 0 Å². The van der Waals surface area contributed by atoms with Crippen molar-refractivity contribution in [3.8, 4) is 0 Å². The highest BCUT2D eigenvalue weighted by Gasteiger charge is 2.11. The Bertz CT molecular complexity index is 557. The van der Waals surface area contributed by atoms with Crippen LogP contribution in [0.3, 0.4) is 0 Å².